The number of amides is 1. The fourth-order valence-corrected chi connectivity index (χ4v) is 3.12. The van der Waals surface area contributed by atoms with Crippen LogP contribution < -0.4 is 0 Å². The van der Waals surface area contributed by atoms with Crippen LogP contribution in [0.4, 0.5) is 8.78 Å². The molecule has 5 heteroatoms. The van der Waals surface area contributed by atoms with E-state index in [1.165, 1.54) is 17.0 Å². The van der Waals surface area contributed by atoms with Crippen molar-refractivity contribution in [2.45, 2.75) is 12.5 Å². The minimum Gasteiger partial charge on any atom is -0.338 e. The van der Waals surface area contributed by atoms with Crippen LogP contribution in [0.25, 0.3) is 0 Å². The Hall–Kier alpha value is -1.10. The highest BCUT2D eigenvalue weighted by Crippen LogP contribution is 2.23. The second-order valence-electron chi connectivity index (χ2n) is 4.03. The lowest BCUT2D eigenvalue weighted by Crippen LogP contribution is -2.37. The van der Waals surface area contributed by atoms with Crippen LogP contribution in [0, 0.1) is 11.6 Å². The standard InChI is InChI=1S/C12H13F2NOS/c1-15(8-5-6-17-7-8)12(16)9-3-2-4-10(13)11(9)14/h2-4,8H,5-7H2,1H3. The van der Waals surface area contributed by atoms with Crippen LogP contribution in [0.3, 0.4) is 0 Å². The van der Waals surface area contributed by atoms with Gasteiger partial charge in [-0.25, -0.2) is 8.78 Å². The Morgan fingerprint density at radius 2 is 2.24 bits per heavy atom. The number of carbonyl (C=O) groups is 1. The summed E-state index contributed by atoms with van der Waals surface area (Å²) in [6.07, 6.45) is 0.907. The topological polar surface area (TPSA) is 20.3 Å². The van der Waals surface area contributed by atoms with Crippen LogP contribution >= 0.6 is 11.8 Å². The number of hydrogen-bond acceptors (Lipinski definition) is 2. The number of benzene rings is 1. The fraction of sp³-hybridized carbons (Fsp3) is 0.417. The summed E-state index contributed by atoms with van der Waals surface area (Å²) in [6, 6.07) is 3.80. The maximum absolute atomic E-state index is 13.5. The number of thioether (sulfide) groups is 1. The summed E-state index contributed by atoms with van der Waals surface area (Å²) >= 11 is 1.77. The monoisotopic (exact) mass is 257 g/mol. The van der Waals surface area contributed by atoms with Gasteiger partial charge in [0, 0.05) is 18.8 Å². The lowest BCUT2D eigenvalue weighted by atomic mass is 10.1. The summed E-state index contributed by atoms with van der Waals surface area (Å²) < 4.78 is 26.5. The predicted molar refractivity (Wildman–Crippen MR) is 64.2 cm³/mol. The van der Waals surface area contributed by atoms with Gasteiger partial charge in [-0.15, -0.1) is 0 Å². The van der Waals surface area contributed by atoms with E-state index >= 15 is 0 Å². The maximum Gasteiger partial charge on any atom is 0.256 e. The Balaban J connectivity index is 2.21. The molecule has 1 aliphatic rings. The Morgan fingerprint density at radius 1 is 1.47 bits per heavy atom. The minimum absolute atomic E-state index is 0.121. The first-order valence-corrected chi connectivity index (χ1v) is 6.55. The first-order valence-electron chi connectivity index (χ1n) is 5.40. The summed E-state index contributed by atoms with van der Waals surface area (Å²) in [7, 11) is 1.64. The van der Waals surface area contributed by atoms with E-state index in [9.17, 15) is 13.6 Å². The molecular weight excluding hydrogens is 244 g/mol. The van der Waals surface area contributed by atoms with E-state index in [0.717, 1.165) is 24.0 Å². The molecule has 0 spiro atoms. The van der Waals surface area contributed by atoms with Gasteiger partial charge in [-0.1, -0.05) is 6.07 Å². The van der Waals surface area contributed by atoms with Crippen molar-refractivity contribution in [3.8, 4) is 0 Å². The summed E-state index contributed by atoms with van der Waals surface area (Å²) in [5.74, 6) is -0.623. The number of rotatable bonds is 2. The van der Waals surface area contributed by atoms with Crippen molar-refractivity contribution in [1.29, 1.82) is 0 Å². The van der Waals surface area contributed by atoms with E-state index in [1.54, 1.807) is 18.8 Å². The summed E-state index contributed by atoms with van der Waals surface area (Å²) in [5.41, 5.74) is -0.190. The van der Waals surface area contributed by atoms with Gasteiger partial charge in [-0.3, -0.25) is 4.79 Å². The zero-order valence-electron chi connectivity index (χ0n) is 9.45. The van der Waals surface area contributed by atoms with Crippen molar-refractivity contribution in [2.24, 2.45) is 0 Å². The van der Waals surface area contributed by atoms with E-state index in [1.807, 2.05) is 0 Å². The zero-order valence-corrected chi connectivity index (χ0v) is 10.3. The minimum atomic E-state index is -1.06. The molecular formula is C12H13F2NOS. The molecule has 0 bridgehead atoms. The normalized spacial score (nSPS) is 19.4. The molecule has 0 aromatic heterocycles. The van der Waals surface area contributed by atoms with Crippen molar-refractivity contribution in [2.75, 3.05) is 18.6 Å². The average Bonchev–Trinajstić information content (AvgIpc) is 2.84. The first kappa shape index (κ1) is 12.4. The second-order valence-corrected chi connectivity index (χ2v) is 5.18. The first-order chi connectivity index (χ1) is 8.11. The smallest absolute Gasteiger partial charge is 0.256 e. The van der Waals surface area contributed by atoms with Crippen molar-refractivity contribution in [1.82, 2.24) is 4.90 Å². The van der Waals surface area contributed by atoms with Gasteiger partial charge in [0.2, 0.25) is 0 Å². The van der Waals surface area contributed by atoms with Crippen LogP contribution in [-0.4, -0.2) is 35.4 Å². The van der Waals surface area contributed by atoms with Crippen molar-refractivity contribution in [3.63, 3.8) is 0 Å². The number of nitrogens with zero attached hydrogens (tertiary/aromatic N) is 1. The van der Waals surface area contributed by atoms with Crippen molar-refractivity contribution < 1.29 is 13.6 Å². The fourth-order valence-electron chi connectivity index (χ4n) is 1.85. The summed E-state index contributed by atoms with van der Waals surface area (Å²) in [4.78, 5) is 13.5. The molecule has 92 valence electrons. The van der Waals surface area contributed by atoms with Crippen LogP contribution in [-0.2, 0) is 0 Å². The van der Waals surface area contributed by atoms with Crippen molar-refractivity contribution >= 4 is 17.7 Å². The van der Waals surface area contributed by atoms with Gasteiger partial charge in [0.25, 0.3) is 5.91 Å². The van der Waals surface area contributed by atoms with Crippen LogP contribution in [0.15, 0.2) is 18.2 Å². The molecule has 0 aliphatic carbocycles. The molecule has 1 aliphatic heterocycles. The lowest BCUT2D eigenvalue weighted by Gasteiger charge is -2.24. The maximum atomic E-state index is 13.5. The highest BCUT2D eigenvalue weighted by atomic mass is 32.2. The van der Waals surface area contributed by atoms with Gasteiger partial charge in [-0.05, 0) is 24.3 Å². The molecule has 1 unspecified atom stereocenters. The van der Waals surface area contributed by atoms with E-state index in [-0.39, 0.29) is 11.6 Å². The Kier molecular flexibility index (Phi) is 3.66. The van der Waals surface area contributed by atoms with E-state index < -0.39 is 17.5 Å². The van der Waals surface area contributed by atoms with E-state index in [2.05, 4.69) is 0 Å². The van der Waals surface area contributed by atoms with Gasteiger partial charge in [0.15, 0.2) is 11.6 Å². The van der Waals surface area contributed by atoms with Crippen molar-refractivity contribution in [3.05, 3.63) is 35.4 Å². The Labute approximate surface area is 103 Å². The molecule has 1 atom stereocenters. The van der Waals surface area contributed by atoms with Crippen LogP contribution in [0.2, 0.25) is 0 Å². The lowest BCUT2D eigenvalue weighted by molar-refractivity contribution is 0.0742. The van der Waals surface area contributed by atoms with Crippen LogP contribution in [0.5, 0.6) is 0 Å². The van der Waals surface area contributed by atoms with E-state index in [4.69, 9.17) is 0 Å². The third-order valence-corrected chi connectivity index (χ3v) is 4.10. The molecule has 1 amide bonds. The highest BCUT2D eigenvalue weighted by molar-refractivity contribution is 7.99. The largest absolute Gasteiger partial charge is 0.338 e. The van der Waals surface area contributed by atoms with Gasteiger partial charge < -0.3 is 4.90 Å². The molecule has 2 rings (SSSR count). The second kappa shape index (κ2) is 5.04. The van der Waals surface area contributed by atoms with Gasteiger partial charge in [0.05, 0.1) is 5.56 Å². The zero-order chi connectivity index (χ0) is 12.4. The molecule has 1 saturated heterocycles. The molecule has 17 heavy (non-hydrogen) atoms. The molecule has 1 fully saturated rings. The van der Waals surface area contributed by atoms with Gasteiger partial charge >= 0.3 is 0 Å². The van der Waals surface area contributed by atoms with Crippen LogP contribution in [0.1, 0.15) is 16.8 Å². The number of carbonyl (C=O) groups excluding carboxylic acids is 1. The molecule has 0 radical (unpaired) electrons. The predicted octanol–water partition coefficient (Wildman–Crippen LogP) is 2.54. The van der Waals surface area contributed by atoms with Gasteiger partial charge in [0.1, 0.15) is 0 Å². The molecule has 2 nitrogen and oxygen atoms in total. The van der Waals surface area contributed by atoms with E-state index in [0.29, 0.717) is 0 Å². The third kappa shape index (κ3) is 2.44. The molecule has 0 saturated carbocycles. The Morgan fingerprint density at radius 3 is 2.88 bits per heavy atom. The molecule has 1 aromatic carbocycles. The molecule has 1 aromatic rings. The quantitative estimate of drug-likeness (QED) is 0.811. The molecule has 1 heterocycles. The molecule has 0 N–H and O–H groups in total. The summed E-state index contributed by atoms with van der Waals surface area (Å²) in [5, 5.41) is 0. The average molecular weight is 257 g/mol. The highest BCUT2D eigenvalue weighted by Gasteiger charge is 2.26. The number of halogens is 2. The summed E-state index contributed by atoms with van der Waals surface area (Å²) in [6.45, 7) is 0. The SMILES string of the molecule is CN(C(=O)c1cccc(F)c1F)C1CCSC1. The Bertz CT molecular complexity index is 433. The van der Waals surface area contributed by atoms with Gasteiger partial charge in [-0.2, -0.15) is 11.8 Å². The third-order valence-electron chi connectivity index (χ3n) is 2.96. The number of hydrogen-bond donors (Lipinski definition) is 0.